The lowest BCUT2D eigenvalue weighted by atomic mass is 10.3. The second-order valence-electron chi connectivity index (χ2n) is 3.48. The molecule has 1 unspecified atom stereocenters. The van der Waals surface area contributed by atoms with E-state index in [1.165, 1.54) is 0 Å². The third kappa shape index (κ3) is 6.05. The number of nitrogens with one attached hydrogen (secondary N) is 1. The minimum atomic E-state index is 0.593. The highest BCUT2D eigenvalue weighted by Gasteiger charge is 2.02. The molecule has 0 radical (unpaired) electrons. The van der Waals surface area contributed by atoms with Crippen LogP contribution in [0.2, 0.25) is 0 Å². The average Bonchev–Trinajstić information content (AvgIpc) is 1.58. The van der Waals surface area contributed by atoms with Crippen LogP contribution in [0.15, 0.2) is 0 Å². The lowest BCUT2D eigenvalue weighted by Gasteiger charge is -2.20. The third-order valence-corrected chi connectivity index (χ3v) is 1.26. The van der Waals surface area contributed by atoms with E-state index in [0.29, 0.717) is 12.1 Å². The molecule has 0 aliphatic heterocycles. The molecule has 0 rings (SSSR count). The van der Waals surface area contributed by atoms with E-state index in [1.807, 2.05) is 0 Å². The van der Waals surface area contributed by atoms with Gasteiger partial charge in [-0.1, -0.05) is 13.8 Å². The van der Waals surface area contributed by atoms with Crippen LogP contribution in [0.3, 0.4) is 0 Å². The number of rotatable bonds is 4. The van der Waals surface area contributed by atoms with Gasteiger partial charge in [-0.3, -0.25) is 0 Å². The Labute approximate surface area is 64.6 Å². The lowest BCUT2D eigenvalue weighted by Crippen LogP contribution is -2.39. The van der Waals surface area contributed by atoms with Crippen molar-refractivity contribution in [2.75, 3.05) is 20.6 Å². The highest BCUT2D eigenvalue weighted by Crippen LogP contribution is 1.87. The minimum Gasteiger partial charge on any atom is -0.311 e. The first-order valence-corrected chi connectivity index (χ1v) is 3.93. The zero-order valence-corrected chi connectivity index (χ0v) is 7.81. The highest BCUT2D eigenvalue weighted by atomic mass is 15.1. The van der Waals surface area contributed by atoms with Gasteiger partial charge in [0.15, 0.2) is 0 Å². The number of likely N-dealkylation sites (N-methyl/N-ethyl adjacent to an activating group) is 1. The normalized spacial score (nSPS) is 14.7. The molecule has 0 saturated heterocycles. The first kappa shape index (κ1) is 9.92. The molecular weight excluding hydrogens is 124 g/mol. The number of hydrogen-bond donors (Lipinski definition) is 1. The van der Waals surface area contributed by atoms with Crippen LogP contribution in [0.5, 0.6) is 0 Å². The second-order valence-corrected chi connectivity index (χ2v) is 3.48. The maximum Gasteiger partial charge on any atom is 0.0168 e. The summed E-state index contributed by atoms with van der Waals surface area (Å²) in [6.45, 7) is 7.66. The monoisotopic (exact) mass is 144 g/mol. The largest absolute Gasteiger partial charge is 0.311 e. The van der Waals surface area contributed by atoms with Crippen molar-refractivity contribution in [2.45, 2.75) is 32.9 Å². The predicted octanol–water partition coefficient (Wildman–Crippen LogP) is 0.934. The summed E-state index contributed by atoms with van der Waals surface area (Å²) in [5, 5.41) is 3.43. The van der Waals surface area contributed by atoms with Crippen molar-refractivity contribution >= 4 is 0 Å². The van der Waals surface area contributed by atoms with Gasteiger partial charge in [-0.25, -0.2) is 0 Å². The van der Waals surface area contributed by atoms with E-state index >= 15 is 0 Å². The Morgan fingerprint density at radius 1 is 1.20 bits per heavy atom. The Kier molecular flexibility index (Phi) is 4.65. The van der Waals surface area contributed by atoms with Gasteiger partial charge in [0.2, 0.25) is 0 Å². The summed E-state index contributed by atoms with van der Waals surface area (Å²) in [7, 11) is 4.19. The van der Waals surface area contributed by atoms with Gasteiger partial charge in [0.1, 0.15) is 0 Å². The molecule has 0 amide bonds. The topological polar surface area (TPSA) is 15.3 Å². The third-order valence-electron chi connectivity index (χ3n) is 1.26. The van der Waals surface area contributed by atoms with Gasteiger partial charge in [0.05, 0.1) is 0 Å². The van der Waals surface area contributed by atoms with Crippen LogP contribution in [0.25, 0.3) is 0 Å². The molecule has 2 nitrogen and oxygen atoms in total. The van der Waals surface area contributed by atoms with Crippen LogP contribution in [0.1, 0.15) is 20.8 Å². The van der Waals surface area contributed by atoms with Crippen LogP contribution in [-0.2, 0) is 0 Å². The van der Waals surface area contributed by atoms with Crippen molar-refractivity contribution in [3.05, 3.63) is 0 Å². The molecule has 0 heterocycles. The second kappa shape index (κ2) is 4.69. The molecule has 1 atom stereocenters. The Hall–Kier alpha value is -0.0800. The van der Waals surface area contributed by atoms with Crippen molar-refractivity contribution in [1.82, 2.24) is 10.2 Å². The van der Waals surface area contributed by atoms with Crippen LogP contribution < -0.4 is 5.32 Å². The van der Waals surface area contributed by atoms with E-state index in [9.17, 15) is 0 Å². The summed E-state index contributed by atoms with van der Waals surface area (Å²) in [6, 6.07) is 1.19. The molecule has 0 bridgehead atoms. The van der Waals surface area contributed by atoms with Crippen molar-refractivity contribution in [3.63, 3.8) is 0 Å². The maximum absolute atomic E-state index is 3.43. The number of hydrogen-bond acceptors (Lipinski definition) is 2. The molecule has 1 N–H and O–H groups in total. The van der Waals surface area contributed by atoms with E-state index in [-0.39, 0.29) is 0 Å². The van der Waals surface area contributed by atoms with Crippen LogP contribution in [0.4, 0.5) is 0 Å². The van der Waals surface area contributed by atoms with Gasteiger partial charge in [-0.2, -0.15) is 0 Å². The number of nitrogens with zero attached hydrogens (tertiary/aromatic N) is 1. The van der Waals surface area contributed by atoms with Gasteiger partial charge in [-0.05, 0) is 21.0 Å². The van der Waals surface area contributed by atoms with Crippen LogP contribution >= 0.6 is 0 Å². The minimum absolute atomic E-state index is 0.593. The SMILES string of the molecule is CC(C)NC(C)CN(C)C. The average molecular weight is 144 g/mol. The molecule has 10 heavy (non-hydrogen) atoms. The molecule has 0 aliphatic rings. The van der Waals surface area contributed by atoms with Crippen molar-refractivity contribution in [1.29, 1.82) is 0 Å². The Bertz CT molecular complexity index is 69.3. The van der Waals surface area contributed by atoms with Crippen LogP contribution in [0, 0.1) is 0 Å². The molecule has 0 fully saturated rings. The Balaban J connectivity index is 3.34. The van der Waals surface area contributed by atoms with Gasteiger partial charge < -0.3 is 10.2 Å². The summed E-state index contributed by atoms with van der Waals surface area (Å²) in [5.41, 5.74) is 0. The summed E-state index contributed by atoms with van der Waals surface area (Å²) in [5.74, 6) is 0. The van der Waals surface area contributed by atoms with E-state index in [2.05, 4.69) is 45.1 Å². The quantitative estimate of drug-likeness (QED) is 0.631. The summed E-state index contributed by atoms with van der Waals surface area (Å²) < 4.78 is 0. The molecule has 0 aliphatic carbocycles. The fourth-order valence-electron chi connectivity index (χ4n) is 1.17. The first-order chi connectivity index (χ1) is 4.52. The molecule has 0 aromatic heterocycles. The summed E-state index contributed by atoms with van der Waals surface area (Å²) in [6.07, 6.45) is 0. The van der Waals surface area contributed by atoms with E-state index in [1.54, 1.807) is 0 Å². The Morgan fingerprint density at radius 2 is 1.70 bits per heavy atom. The summed E-state index contributed by atoms with van der Waals surface area (Å²) in [4.78, 5) is 2.19. The molecule has 0 spiro atoms. The maximum atomic E-state index is 3.43. The van der Waals surface area contributed by atoms with Gasteiger partial charge in [0.25, 0.3) is 0 Å². The predicted molar refractivity (Wildman–Crippen MR) is 46.3 cm³/mol. The molecule has 0 aromatic rings. The first-order valence-electron chi connectivity index (χ1n) is 3.93. The van der Waals surface area contributed by atoms with E-state index in [0.717, 1.165) is 6.54 Å². The summed E-state index contributed by atoms with van der Waals surface area (Å²) >= 11 is 0. The van der Waals surface area contributed by atoms with E-state index < -0.39 is 0 Å². The van der Waals surface area contributed by atoms with Crippen LogP contribution in [-0.4, -0.2) is 37.6 Å². The molecule has 62 valence electrons. The standard InChI is InChI=1S/C8H20N2/c1-7(2)9-8(3)6-10(4)5/h7-9H,6H2,1-5H3. The van der Waals surface area contributed by atoms with Crippen molar-refractivity contribution in [3.8, 4) is 0 Å². The van der Waals surface area contributed by atoms with E-state index in [4.69, 9.17) is 0 Å². The zero-order chi connectivity index (χ0) is 8.15. The van der Waals surface area contributed by atoms with Gasteiger partial charge in [-0.15, -0.1) is 0 Å². The van der Waals surface area contributed by atoms with Crippen molar-refractivity contribution < 1.29 is 0 Å². The van der Waals surface area contributed by atoms with Gasteiger partial charge >= 0.3 is 0 Å². The lowest BCUT2D eigenvalue weighted by molar-refractivity contribution is 0.337. The zero-order valence-electron chi connectivity index (χ0n) is 7.81. The Morgan fingerprint density at radius 3 is 2.00 bits per heavy atom. The fourth-order valence-corrected chi connectivity index (χ4v) is 1.17. The van der Waals surface area contributed by atoms with Gasteiger partial charge in [0, 0.05) is 18.6 Å². The fraction of sp³-hybridized carbons (Fsp3) is 1.00. The molecule has 0 aromatic carbocycles. The smallest absolute Gasteiger partial charge is 0.0168 e. The highest BCUT2D eigenvalue weighted by molar-refractivity contribution is 4.65. The molecule has 2 heteroatoms. The molecular formula is C8H20N2. The molecule has 0 saturated carbocycles. The van der Waals surface area contributed by atoms with Crippen molar-refractivity contribution in [2.24, 2.45) is 0 Å².